The van der Waals surface area contributed by atoms with Gasteiger partial charge in [0.1, 0.15) is 5.60 Å². The molecule has 1 atom stereocenters. The summed E-state index contributed by atoms with van der Waals surface area (Å²) in [5.41, 5.74) is -0.741. The maximum absolute atomic E-state index is 12.7. The third kappa shape index (κ3) is 4.25. The maximum Gasteiger partial charge on any atom is 0.411 e. The predicted molar refractivity (Wildman–Crippen MR) is 104 cm³/mol. The number of rotatable bonds is 7. The number of sulfonamides is 1. The fourth-order valence-corrected chi connectivity index (χ4v) is 4.42. The van der Waals surface area contributed by atoms with Crippen molar-refractivity contribution < 1.29 is 27.5 Å². The summed E-state index contributed by atoms with van der Waals surface area (Å²) in [7, 11) is -2.68. The van der Waals surface area contributed by atoms with Gasteiger partial charge in [0, 0.05) is 22.7 Å². The molecule has 10 heteroatoms. The van der Waals surface area contributed by atoms with Crippen LogP contribution in [-0.4, -0.2) is 33.3 Å². The van der Waals surface area contributed by atoms with Gasteiger partial charge in [0.15, 0.2) is 0 Å². The van der Waals surface area contributed by atoms with Gasteiger partial charge in [-0.15, -0.1) is 11.3 Å². The number of carbonyl (C=O) groups is 1. The van der Waals surface area contributed by atoms with Crippen molar-refractivity contribution in [2.75, 3.05) is 19.0 Å². The molecule has 3 N–H and O–H groups in total. The van der Waals surface area contributed by atoms with E-state index in [9.17, 15) is 18.3 Å². The van der Waals surface area contributed by atoms with Crippen molar-refractivity contribution >= 4 is 33.1 Å². The number of methoxy groups -OCH3 is 1. The smallest absolute Gasteiger partial charge is 0.411 e. The van der Waals surface area contributed by atoms with Crippen molar-refractivity contribution in [2.24, 2.45) is 0 Å². The number of hydrogen-bond donors (Lipinski definition) is 3. The van der Waals surface area contributed by atoms with Crippen molar-refractivity contribution in [3.63, 3.8) is 0 Å². The Balaban J connectivity index is 1.79. The van der Waals surface area contributed by atoms with Crippen molar-refractivity contribution in [1.29, 1.82) is 0 Å². The molecular formula is C18H18N2O6S2. The Morgan fingerprint density at radius 1 is 1.25 bits per heavy atom. The van der Waals surface area contributed by atoms with Crippen molar-refractivity contribution in [3.8, 4) is 0 Å². The second-order valence-electron chi connectivity index (χ2n) is 5.82. The Kier molecular flexibility index (Phi) is 5.84. The van der Waals surface area contributed by atoms with E-state index in [-0.39, 0.29) is 11.4 Å². The Bertz CT molecular complexity index is 978. The van der Waals surface area contributed by atoms with Gasteiger partial charge in [-0.05, 0) is 41.8 Å². The molecule has 0 saturated heterocycles. The van der Waals surface area contributed by atoms with E-state index in [0.717, 1.165) is 0 Å². The quantitative estimate of drug-likeness (QED) is 0.539. The summed E-state index contributed by atoms with van der Waals surface area (Å²) in [5.74, 6) is 0. The first kappa shape index (κ1) is 20.1. The van der Waals surface area contributed by atoms with E-state index in [0.29, 0.717) is 16.1 Å². The molecule has 28 heavy (non-hydrogen) atoms. The van der Waals surface area contributed by atoms with Crippen molar-refractivity contribution in [2.45, 2.75) is 10.5 Å². The van der Waals surface area contributed by atoms with E-state index in [2.05, 4.69) is 14.8 Å². The Labute approximate surface area is 165 Å². The fourth-order valence-electron chi connectivity index (χ4n) is 2.51. The zero-order valence-electron chi connectivity index (χ0n) is 14.8. The van der Waals surface area contributed by atoms with E-state index in [1.807, 2.05) is 0 Å². The minimum Gasteiger partial charge on any atom is -0.472 e. The van der Waals surface area contributed by atoms with Crippen LogP contribution < -0.4 is 10.0 Å². The third-order valence-electron chi connectivity index (χ3n) is 4.04. The number of furan rings is 1. The normalized spacial score (nSPS) is 13.6. The number of anilines is 1. The first-order valence-electron chi connectivity index (χ1n) is 8.09. The van der Waals surface area contributed by atoms with Crippen LogP contribution in [0.3, 0.4) is 0 Å². The molecule has 1 unspecified atom stereocenters. The highest BCUT2D eigenvalue weighted by atomic mass is 32.2. The van der Waals surface area contributed by atoms with Crippen LogP contribution in [0.1, 0.15) is 10.4 Å². The summed E-state index contributed by atoms with van der Waals surface area (Å²) >= 11 is 1.31. The molecule has 0 aliphatic carbocycles. The Morgan fingerprint density at radius 3 is 2.57 bits per heavy atom. The molecule has 0 aliphatic rings. The summed E-state index contributed by atoms with van der Waals surface area (Å²) in [6, 6.07) is 10.6. The summed E-state index contributed by atoms with van der Waals surface area (Å²) in [6.07, 6.45) is 2.13. The second kappa shape index (κ2) is 8.15. The van der Waals surface area contributed by atoms with Gasteiger partial charge in [0.05, 0.1) is 24.5 Å². The number of amides is 1. The molecule has 8 nitrogen and oxygen atoms in total. The van der Waals surface area contributed by atoms with Crippen LogP contribution in [0.15, 0.2) is 69.7 Å². The summed E-state index contributed by atoms with van der Waals surface area (Å²) in [5, 5.41) is 15.4. The molecule has 148 valence electrons. The number of benzene rings is 1. The SMILES string of the molecule is COC(=O)Nc1ccc(S(=O)(=O)NCC(O)(c2ccoc2)c2cccs2)cc1. The number of aliphatic hydroxyl groups is 1. The van der Waals surface area contributed by atoms with E-state index in [1.54, 1.807) is 23.6 Å². The lowest BCUT2D eigenvalue weighted by molar-refractivity contribution is 0.0892. The lowest BCUT2D eigenvalue weighted by Gasteiger charge is -2.26. The fraction of sp³-hybridized carbons (Fsp3) is 0.167. The van der Waals surface area contributed by atoms with E-state index in [4.69, 9.17) is 4.42 Å². The predicted octanol–water partition coefficient (Wildman–Crippen LogP) is 2.73. The number of nitrogens with one attached hydrogen (secondary N) is 2. The van der Waals surface area contributed by atoms with Crippen LogP contribution in [0.4, 0.5) is 10.5 Å². The molecule has 3 rings (SSSR count). The van der Waals surface area contributed by atoms with Gasteiger partial charge >= 0.3 is 6.09 Å². The standard InChI is InChI=1S/C18H18N2O6S2/c1-25-17(21)20-14-4-6-15(7-5-14)28(23,24)19-12-18(22,13-8-9-26-11-13)16-3-2-10-27-16/h2-11,19,22H,12H2,1H3,(H,20,21). The highest BCUT2D eigenvalue weighted by Gasteiger charge is 2.35. The summed E-state index contributed by atoms with van der Waals surface area (Å²) in [6.45, 7) is -0.280. The Morgan fingerprint density at radius 2 is 2.00 bits per heavy atom. The van der Waals surface area contributed by atoms with Crippen LogP contribution in [0.25, 0.3) is 0 Å². The number of thiophene rings is 1. The number of ether oxygens (including phenoxy) is 1. The van der Waals surface area contributed by atoms with E-state index < -0.39 is 21.7 Å². The molecule has 0 fully saturated rings. The highest BCUT2D eigenvalue weighted by Crippen LogP contribution is 2.33. The molecule has 0 aliphatic heterocycles. The summed E-state index contributed by atoms with van der Waals surface area (Å²) < 4.78 is 37.3. The largest absolute Gasteiger partial charge is 0.472 e. The molecule has 3 aromatic rings. The van der Waals surface area contributed by atoms with E-state index >= 15 is 0 Å². The van der Waals surface area contributed by atoms with Gasteiger partial charge in [0.25, 0.3) is 0 Å². The van der Waals surface area contributed by atoms with Crippen molar-refractivity contribution in [1.82, 2.24) is 4.72 Å². The molecule has 2 aromatic heterocycles. The molecule has 0 radical (unpaired) electrons. The minimum absolute atomic E-state index is 0.0105. The topological polar surface area (TPSA) is 118 Å². The second-order valence-corrected chi connectivity index (χ2v) is 8.53. The van der Waals surface area contributed by atoms with Gasteiger partial charge in [-0.3, -0.25) is 5.32 Å². The van der Waals surface area contributed by atoms with Crippen LogP contribution in [0, 0.1) is 0 Å². The molecule has 0 spiro atoms. The van der Waals surface area contributed by atoms with Crippen molar-refractivity contribution in [3.05, 3.63) is 70.8 Å². The molecule has 0 saturated carbocycles. The summed E-state index contributed by atoms with van der Waals surface area (Å²) in [4.78, 5) is 11.8. The van der Waals surface area contributed by atoms with Gasteiger partial charge in [-0.25, -0.2) is 17.9 Å². The van der Waals surface area contributed by atoms with Crippen LogP contribution >= 0.6 is 11.3 Å². The average Bonchev–Trinajstić information content (AvgIpc) is 3.41. The third-order valence-corrected chi connectivity index (χ3v) is 6.48. The molecular weight excluding hydrogens is 404 g/mol. The van der Waals surface area contributed by atoms with E-state index in [1.165, 1.54) is 55.2 Å². The first-order chi connectivity index (χ1) is 13.3. The van der Waals surface area contributed by atoms with Gasteiger partial charge in [0.2, 0.25) is 10.0 Å². The highest BCUT2D eigenvalue weighted by molar-refractivity contribution is 7.89. The van der Waals surface area contributed by atoms with Gasteiger partial charge in [-0.2, -0.15) is 0 Å². The first-order valence-corrected chi connectivity index (χ1v) is 10.5. The number of hydrogen-bond acceptors (Lipinski definition) is 7. The van der Waals surface area contributed by atoms with Gasteiger partial charge < -0.3 is 14.3 Å². The zero-order valence-corrected chi connectivity index (χ0v) is 16.4. The lowest BCUT2D eigenvalue weighted by atomic mass is 9.95. The minimum atomic E-state index is -3.91. The average molecular weight is 422 g/mol. The van der Waals surface area contributed by atoms with Crippen LogP contribution in [-0.2, 0) is 20.4 Å². The van der Waals surface area contributed by atoms with Crippen LogP contribution in [0.5, 0.6) is 0 Å². The molecule has 1 aromatic carbocycles. The molecule has 0 bridgehead atoms. The molecule has 2 heterocycles. The maximum atomic E-state index is 12.7. The zero-order chi connectivity index (χ0) is 20.2. The number of carbonyl (C=O) groups excluding carboxylic acids is 1. The monoisotopic (exact) mass is 422 g/mol. The van der Waals surface area contributed by atoms with Gasteiger partial charge in [-0.1, -0.05) is 6.07 Å². The lowest BCUT2D eigenvalue weighted by Crippen LogP contribution is -2.40. The molecule has 1 amide bonds. The Hall–Kier alpha value is -2.66. The van der Waals surface area contributed by atoms with Crippen LogP contribution in [0.2, 0.25) is 0 Å².